The molecular weight excluding hydrogens is 276 g/mol. The Morgan fingerprint density at radius 2 is 1.45 bits per heavy atom. The molecule has 0 aliphatic rings. The minimum atomic E-state index is -0.851. The van der Waals surface area contributed by atoms with E-state index in [0.29, 0.717) is 13.0 Å². The van der Waals surface area contributed by atoms with Crippen LogP contribution in [0.15, 0.2) is 60.7 Å². The zero-order valence-corrected chi connectivity index (χ0v) is 12.5. The third kappa shape index (κ3) is 5.31. The largest absolute Gasteiger partial charge is 0.480 e. The number of carboxylic acid groups (broad SMARTS) is 1. The van der Waals surface area contributed by atoms with Gasteiger partial charge in [0.25, 0.3) is 0 Å². The molecular formula is C18H22N2O2. The van der Waals surface area contributed by atoms with E-state index < -0.39 is 12.0 Å². The maximum atomic E-state index is 11.4. The minimum absolute atomic E-state index is 0.111. The number of carbonyl (C=O) groups is 1. The number of carboxylic acids is 1. The van der Waals surface area contributed by atoms with E-state index in [9.17, 15) is 9.90 Å². The van der Waals surface area contributed by atoms with Crippen LogP contribution < -0.4 is 11.1 Å². The van der Waals surface area contributed by atoms with Crippen LogP contribution in [0, 0.1) is 0 Å². The topological polar surface area (TPSA) is 75.3 Å². The Hall–Kier alpha value is -2.17. The third-order valence-corrected chi connectivity index (χ3v) is 3.55. The van der Waals surface area contributed by atoms with Gasteiger partial charge < -0.3 is 16.2 Å². The normalized spacial score (nSPS) is 13.5. The molecule has 0 bridgehead atoms. The van der Waals surface area contributed by atoms with Gasteiger partial charge in [0.15, 0.2) is 0 Å². The van der Waals surface area contributed by atoms with Crippen LogP contribution in [-0.2, 0) is 17.6 Å². The molecule has 2 rings (SSSR count). The van der Waals surface area contributed by atoms with E-state index >= 15 is 0 Å². The molecule has 2 aromatic carbocycles. The highest BCUT2D eigenvalue weighted by Gasteiger charge is 2.18. The summed E-state index contributed by atoms with van der Waals surface area (Å²) in [6.07, 6.45) is 1.18. The second-order valence-corrected chi connectivity index (χ2v) is 5.44. The van der Waals surface area contributed by atoms with Gasteiger partial charge in [-0.15, -0.1) is 0 Å². The molecule has 22 heavy (non-hydrogen) atoms. The van der Waals surface area contributed by atoms with Crippen LogP contribution in [-0.4, -0.2) is 29.7 Å². The molecule has 0 aliphatic carbocycles. The van der Waals surface area contributed by atoms with Crippen molar-refractivity contribution in [3.8, 4) is 0 Å². The van der Waals surface area contributed by atoms with Gasteiger partial charge >= 0.3 is 5.97 Å². The fourth-order valence-corrected chi connectivity index (χ4v) is 2.38. The van der Waals surface area contributed by atoms with Crippen molar-refractivity contribution < 1.29 is 9.90 Å². The number of aliphatic carboxylic acids is 1. The molecule has 4 heteroatoms. The maximum absolute atomic E-state index is 11.4. The van der Waals surface area contributed by atoms with Crippen molar-refractivity contribution in [2.45, 2.75) is 24.9 Å². The van der Waals surface area contributed by atoms with E-state index in [1.54, 1.807) is 0 Å². The zero-order valence-electron chi connectivity index (χ0n) is 12.5. The van der Waals surface area contributed by atoms with Gasteiger partial charge in [0.2, 0.25) is 0 Å². The first-order valence-electron chi connectivity index (χ1n) is 7.45. The van der Waals surface area contributed by atoms with Crippen molar-refractivity contribution >= 4 is 5.97 Å². The Bertz CT molecular complexity index is 572. The maximum Gasteiger partial charge on any atom is 0.321 e. The Morgan fingerprint density at radius 1 is 0.955 bits per heavy atom. The molecule has 0 saturated heterocycles. The Kier molecular flexibility index (Phi) is 6.13. The first-order chi connectivity index (χ1) is 10.6. The number of rotatable bonds is 8. The fourth-order valence-electron chi connectivity index (χ4n) is 2.38. The summed E-state index contributed by atoms with van der Waals surface area (Å²) in [4.78, 5) is 11.4. The monoisotopic (exact) mass is 298 g/mol. The zero-order chi connectivity index (χ0) is 15.8. The van der Waals surface area contributed by atoms with E-state index in [1.807, 2.05) is 60.7 Å². The summed E-state index contributed by atoms with van der Waals surface area (Å²) in [7, 11) is 0. The van der Waals surface area contributed by atoms with E-state index in [0.717, 1.165) is 17.5 Å². The van der Waals surface area contributed by atoms with Crippen molar-refractivity contribution in [3.63, 3.8) is 0 Å². The molecule has 0 heterocycles. The van der Waals surface area contributed by atoms with Gasteiger partial charge in [-0.2, -0.15) is 0 Å². The minimum Gasteiger partial charge on any atom is -0.480 e. The smallest absolute Gasteiger partial charge is 0.321 e. The molecule has 0 radical (unpaired) electrons. The highest BCUT2D eigenvalue weighted by atomic mass is 16.4. The predicted octanol–water partition coefficient (Wildman–Crippen LogP) is 1.84. The lowest BCUT2D eigenvalue weighted by Crippen LogP contribution is -2.45. The van der Waals surface area contributed by atoms with E-state index in [2.05, 4.69) is 5.32 Å². The molecule has 4 N–H and O–H groups in total. The van der Waals surface area contributed by atoms with Gasteiger partial charge in [0.05, 0.1) is 0 Å². The molecule has 0 saturated carbocycles. The van der Waals surface area contributed by atoms with Crippen LogP contribution in [0.2, 0.25) is 0 Å². The molecule has 4 nitrogen and oxygen atoms in total. The highest BCUT2D eigenvalue weighted by molar-refractivity contribution is 5.73. The third-order valence-electron chi connectivity index (χ3n) is 3.55. The van der Waals surface area contributed by atoms with Crippen LogP contribution in [0.5, 0.6) is 0 Å². The van der Waals surface area contributed by atoms with Crippen LogP contribution in [0.25, 0.3) is 0 Å². The van der Waals surface area contributed by atoms with Gasteiger partial charge in [0, 0.05) is 12.6 Å². The lowest BCUT2D eigenvalue weighted by molar-refractivity contribution is -0.139. The molecule has 2 aromatic rings. The predicted molar refractivity (Wildman–Crippen MR) is 87.7 cm³/mol. The van der Waals surface area contributed by atoms with Gasteiger partial charge in [0.1, 0.15) is 6.04 Å². The van der Waals surface area contributed by atoms with E-state index in [4.69, 9.17) is 5.73 Å². The van der Waals surface area contributed by atoms with Gasteiger partial charge in [-0.05, 0) is 24.0 Å². The highest BCUT2D eigenvalue weighted by Crippen LogP contribution is 2.05. The molecule has 0 aromatic heterocycles. The second kappa shape index (κ2) is 8.32. The van der Waals surface area contributed by atoms with E-state index in [-0.39, 0.29) is 6.04 Å². The molecule has 0 spiro atoms. The van der Waals surface area contributed by atoms with Gasteiger partial charge in [-0.25, -0.2) is 0 Å². The van der Waals surface area contributed by atoms with Gasteiger partial charge in [-0.1, -0.05) is 60.7 Å². The summed E-state index contributed by atoms with van der Waals surface area (Å²) in [5, 5.41) is 12.4. The van der Waals surface area contributed by atoms with Crippen LogP contribution >= 0.6 is 0 Å². The average Bonchev–Trinajstić information content (AvgIpc) is 2.53. The molecule has 0 fully saturated rings. The molecule has 116 valence electrons. The average molecular weight is 298 g/mol. The van der Waals surface area contributed by atoms with Crippen LogP contribution in [0.3, 0.4) is 0 Å². The Balaban J connectivity index is 1.85. The van der Waals surface area contributed by atoms with Crippen molar-refractivity contribution in [1.82, 2.24) is 5.32 Å². The number of nitrogens with one attached hydrogen (secondary N) is 1. The van der Waals surface area contributed by atoms with Crippen molar-refractivity contribution in [1.29, 1.82) is 0 Å². The van der Waals surface area contributed by atoms with Crippen molar-refractivity contribution in [2.24, 2.45) is 5.73 Å². The van der Waals surface area contributed by atoms with E-state index in [1.165, 1.54) is 0 Å². The number of nitrogens with two attached hydrogens (primary N) is 1. The lowest BCUT2D eigenvalue weighted by atomic mass is 10.0. The number of hydrogen-bond acceptors (Lipinski definition) is 3. The van der Waals surface area contributed by atoms with Crippen LogP contribution in [0.1, 0.15) is 11.1 Å². The summed E-state index contributed by atoms with van der Waals surface area (Å²) in [6.45, 7) is 0.471. The Morgan fingerprint density at radius 3 is 1.95 bits per heavy atom. The summed E-state index contributed by atoms with van der Waals surface area (Å²) < 4.78 is 0. The molecule has 1 unspecified atom stereocenters. The van der Waals surface area contributed by atoms with Crippen LogP contribution in [0.4, 0.5) is 0 Å². The molecule has 0 amide bonds. The summed E-state index contributed by atoms with van der Waals surface area (Å²) in [5.41, 5.74) is 8.25. The number of hydrogen-bond donors (Lipinski definition) is 3. The first kappa shape index (κ1) is 16.2. The summed E-state index contributed by atoms with van der Waals surface area (Å²) in [5.74, 6) is -0.851. The quantitative estimate of drug-likeness (QED) is 0.695. The van der Waals surface area contributed by atoms with Crippen molar-refractivity contribution in [2.75, 3.05) is 6.54 Å². The Labute approximate surface area is 131 Å². The lowest BCUT2D eigenvalue weighted by Gasteiger charge is -2.18. The summed E-state index contributed by atoms with van der Waals surface area (Å²) >= 11 is 0. The van der Waals surface area contributed by atoms with Gasteiger partial charge in [-0.3, -0.25) is 4.79 Å². The fraction of sp³-hybridized carbons (Fsp3) is 0.278. The summed E-state index contributed by atoms with van der Waals surface area (Å²) in [6, 6.07) is 18.8. The first-order valence-corrected chi connectivity index (χ1v) is 7.45. The second-order valence-electron chi connectivity index (χ2n) is 5.44. The standard InChI is InChI=1S/C18H22N2O2/c19-16(11-14-7-3-1-4-8-14)13-20-17(18(21)22)12-15-9-5-2-6-10-15/h1-10,16-17,20H,11-13,19H2,(H,21,22)/t16?,17-/m0/s1. The molecule has 2 atom stereocenters. The molecule has 0 aliphatic heterocycles. The van der Waals surface area contributed by atoms with Crippen molar-refractivity contribution in [3.05, 3.63) is 71.8 Å². The SMILES string of the molecule is NC(CN[C@@H](Cc1ccccc1)C(=O)O)Cc1ccccc1. The number of benzene rings is 2.